The van der Waals surface area contributed by atoms with Crippen LogP contribution in [0, 0.1) is 0 Å². The molecule has 0 saturated carbocycles. The van der Waals surface area contributed by atoms with Gasteiger partial charge < -0.3 is 0 Å². The van der Waals surface area contributed by atoms with Crippen LogP contribution in [0.4, 0.5) is 0 Å². The minimum atomic E-state index is 0.894. The highest BCUT2D eigenvalue weighted by Gasteiger charge is 2.05. The van der Waals surface area contributed by atoms with Gasteiger partial charge in [-0.15, -0.1) is 0 Å². The Morgan fingerprint density at radius 3 is 1.07 bits per heavy atom. The molecule has 0 aromatic rings. The molecule has 0 saturated heterocycles. The molecular formula is C26H54S2. The predicted molar refractivity (Wildman–Crippen MR) is 138 cm³/mol. The van der Waals surface area contributed by atoms with Crippen molar-refractivity contribution in [1.82, 2.24) is 0 Å². The fraction of sp³-hybridized carbons (Fsp3) is 1.00. The zero-order valence-corrected chi connectivity index (χ0v) is 21.6. The molecule has 2 heteroatoms. The molecule has 1 unspecified atom stereocenters. The van der Waals surface area contributed by atoms with Gasteiger partial charge >= 0.3 is 0 Å². The lowest BCUT2D eigenvalue weighted by molar-refractivity contribution is 0.520. The van der Waals surface area contributed by atoms with Crippen LogP contribution in [0.2, 0.25) is 0 Å². The maximum Gasteiger partial charge on any atom is 0.0135 e. The van der Waals surface area contributed by atoms with Gasteiger partial charge in [0.05, 0.1) is 0 Å². The minimum Gasteiger partial charge on any atom is -0.164 e. The summed E-state index contributed by atoms with van der Waals surface area (Å²) >= 11 is 4.07. The van der Waals surface area contributed by atoms with Crippen LogP contribution in [-0.2, 0) is 0 Å². The second-order valence-corrected chi connectivity index (χ2v) is 10.9. The number of hydrogen-bond acceptors (Lipinski definition) is 2. The van der Waals surface area contributed by atoms with Crippen molar-refractivity contribution in [2.24, 2.45) is 0 Å². The predicted octanol–water partition coefficient (Wildman–Crippen LogP) is 10.3. The summed E-state index contributed by atoms with van der Waals surface area (Å²) in [6, 6.07) is 0. The van der Waals surface area contributed by atoms with E-state index in [0.29, 0.717) is 0 Å². The van der Waals surface area contributed by atoms with Gasteiger partial charge in [-0.2, -0.15) is 23.5 Å². The molecule has 0 nitrogen and oxygen atoms in total. The molecule has 0 rings (SSSR count). The molecule has 0 heterocycles. The zero-order valence-electron chi connectivity index (χ0n) is 20.0. The third-order valence-electron chi connectivity index (χ3n) is 6.07. The molecule has 170 valence electrons. The highest BCUT2D eigenvalue weighted by molar-refractivity contribution is 8.02. The Labute approximate surface area is 188 Å². The largest absolute Gasteiger partial charge is 0.164 e. The maximum atomic E-state index is 2.30. The summed E-state index contributed by atoms with van der Waals surface area (Å²) in [5.41, 5.74) is 0. The standard InChI is InChI=1S/C26H54S2/c1-4-5-6-7-8-9-10-11-12-13-14-15-16-17-18-19-20-21-22-23-24-26(28-3)25-27-2/h26H,4-25H2,1-3H3. The lowest BCUT2D eigenvalue weighted by Gasteiger charge is -2.12. The fourth-order valence-corrected chi connectivity index (χ4v) is 5.98. The van der Waals surface area contributed by atoms with E-state index in [0.717, 1.165) is 5.25 Å². The van der Waals surface area contributed by atoms with E-state index in [-0.39, 0.29) is 0 Å². The third kappa shape index (κ3) is 23.0. The summed E-state index contributed by atoms with van der Waals surface area (Å²) in [4.78, 5) is 0. The van der Waals surface area contributed by atoms with Crippen molar-refractivity contribution in [3.63, 3.8) is 0 Å². The zero-order chi connectivity index (χ0) is 20.5. The van der Waals surface area contributed by atoms with Crippen molar-refractivity contribution in [2.45, 2.75) is 147 Å². The first-order valence-electron chi connectivity index (χ1n) is 12.9. The summed E-state index contributed by atoms with van der Waals surface area (Å²) in [5, 5.41) is 0.894. The summed E-state index contributed by atoms with van der Waals surface area (Å²) in [6.45, 7) is 2.30. The van der Waals surface area contributed by atoms with Gasteiger partial charge in [-0.1, -0.05) is 135 Å². The first kappa shape index (κ1) is 28.7. The van der Waals surface area contributed by atoms with E-state index in [1.165, 1.54) is 141 Å². The number of thioether (sulfide) groups is 2. The van der Waals surface area contributed by atoms with Crippen molar-refractivity contribution in [3.8, 4) is 0 Å². The van der Waals surface area contributed by atoms with Gasteiger partial charge in [0.2, 0.25) is 0 Å². The van der Waals surface area contributed by atoms with Crippen molar-refractivity contribution < 1.29 is 0 Å². The Kier molecular flexibility index (Phi) is 26.4. The van der Waals surface area contributed by atoms with Gasteiger partial charge in [0.25, 0.3) is 0 Å². The van der Waals surface area contributed by atoms with E-state index in [9.17, 15) is 0 Å². The molecule has 1 atom stereocenters. The molecule has 0 N–H and O–H groups in total. The monoisotopic (exact) mass is 430 g/mol. The molecule has 0 radical (unpaired) electrons. The van der Waals surface area contributed by atoms with Crippen LogP contribution < -0.4 is 0 Å². The third-order valence-corrected chi connectivity index (χ3v) is 8.08. The normalized spacial score (nSPS) is 12.5. The Hall–Kier alpha value is 0.700. The first-order valence-corrected chi connectivity index (χ1v) is 15.5. The molecule has 0 aromatic carbocycles. The molecule has 0 aliphatic carbocycles. The van der Waals surface area contributed by atoms with Crippen LogP contribution in [0.3, 0.4) is 0 Å². The van der Waals surface area contributed by atoms with Gasteiger partial charge in [0.15, 0.2) is 0 Å². The minimum absolute atomic E-state index is 0.894. The Bertz CT molecular complexity index is 267. The average molecular weight is 431 g/mol. The highest BCUT2D eigenvalue weighted by atomic mass is 32.2. The van der Waals surface area contributed by atoms with Crippen molar-refractivity contribution in [1.29, 1.82) is 0 Å². The van der Waals surface area contributed by atoms with Gasteiger partial charge in [0.1, 0.15) is 0 Å². The second kappa shape index (κ2) is 25.7. The first-order chi connectivity index (χ1) is 13.8. The lowest BCUT2D eigenvalue weighted by Crippen LogP contribution is -2.04. The maximum absolute atomic E-state index is 2.30. The van der Waals surface area contributed by atoms with Crippen molar-refractivity contribution in [2.75, 3.05) is 18.3 Å². The van der Waals surface area contributed by atoms with E-state index < -0.39 is 0 Å². The van der Waals surface area contributed by atoms with E-state index in [1.807, 2.05) is 11.8 Å². The van der Waals surface area contributed by atoms with Crippen LogP contribution in [-0.4, -0.2) is 23.5 Å². The van der Waals surface area contributed by atoms with Gasteiger partial charge in [-0.3, -0.25) is 0 Å². The van der Waals surface area contributed by atoms with Gasteiger partial charge in [0, 0.05) is 11.0 Å². The smallest absolute Gasteiger partial charge is 0.0135 e. The van der Waals surface area contributed by atoms with Gasteiger partial charge in [-0.05, 0) is 18.9 Å². The van der Waals surface area contributed by atoms with E-state index in [1.54, 1.807) is 0 Å². The Morgan fingerprint density at radius 2 is 0.786 bits per heavy atom. The number of rotatable bonds is 24. The van der Waals surface area contributed by atoms with Crippen LogP contribution in [0.5, 0.6) is 0 Å². The van der Waals surface area contributed by atoms with Crippen molar-refractivity contribution >= 4 is 23.5 Å². The molecule has 0 aromatic heterocycles. The SMILES string of the molecule is CCCCCCCCCCCCCCCCCCCCCCC(CSC)SC. The summed E-state index contributed by atoms with van der Waals surface area (Å²) < 4.78 is 0. The lowest BCUT2D eigenvalue weighted by atomic mass is 10.0. The number of unbranched alkanes of at least 4 members (excludes halogenated alkanes) is 19. The van der Waals surface area contributed by atoms with Crippen LogP contribution >= 0.6 is 23.5 Å². The molecule has 0 aliphatic rings. The van der Waals surface area contributed by atoms with Crippen LogP contribution in [0.25, 0.3) is 0 Å². The topological polar surface area (TPSA) is 0 Å². The van der Waals surface area contributed by atoms with Crippen LogP contribution in [0.1, 0.15) is 142 Å². The molecule has 0 fully saturated rings. The second-order valence-electron chi connectivity index (χ2n) is 8.82. The van der Waals surface area contributed by atoms with Crippen molar-refractivity contribution in [3.05, 3.63) is 0 Å². The van der Waals surface area contributed by atoms with E-state index in [4.69, 9.17) is 0 Å². The molecule has 0 bridgehead atoms. The average Bonchev–Trinajstić information content (AvgIpc) is 2.71. The highest BCUT2D eigenvalue weighted by Crippen LogP contribution is 2.20. The van der Waals surface area contributed by atoms with Gasteiger partial charge in [-0.25, -0.2) is 0 Å². The molecule has 0 spiro atoms. The molecular weight excluding hydrogens is 376 g/mol. The molecule has 28 heavy (non-hydrogen) atoms. The quantitative estimate of drug-likeness (QED) is 0.140. The van der Waals surface area contributed by atoms with E-state index >= 15 is 0 Å². The summed E-state index contributed by atoms with van der Waals surface area (Å²) in [7, 11) is 0. The van der Waals surface area contributed by atoms with E-state index in [2.05, 4.69) is 31.2 Å². The van der Waals surface area contributed by atoms with Crippen LogP contribution in [0.15, 0.2) is 0 Å². The molecule has 0 aliphatic heterocycles. The molecule has 0 amide bonds. The summed E-state index contributed by atoms with van der Waals surface area (Å²) in [5.74, 6) is 1.33. The Morgan fingerprint density at radius 1 is 0.464 bits per heavy atom. The Balaban J connectivity index is 3.07. The number of hydrogen-bond donors (Lipinski definition) is 0. The summed E-state index contributed by atoms with van der Waals surface area (Å²) in [6.07, 6.45) is 35.4. The fourth-order valence-electron chi connectivity index (χ4n) is 4.08.